The Kier molecular flexibility index (Phi) is 5.96. The average Bonchev–Trinajstić information content (AvgIpc) is 2.64. The number of anilines is 2. The number of hydrogen-bond donors (Lipinski definition) is 1. The number of aromatic nitrogens is 2. The van der Waals surface area contributed by atoms with E-state index in [2.05, 4.69) is 32.0 Å². The second-order valence-corrected chi connectivity index (χ2v) is 7.00. The number of carbonyl (C=O) groups excluding carboxylic acids is 1. The normalized spacial score (nSPS) is 15.2. The Morgan fingerprint density at radius 2 is 1.88 bits per heavy atom. The van der Waals surface area contributed by atoms with Crippen molar-refractivity contribution < 1.29 is 4.79 Å². The smallest absolute Gasteiger partial charge is 0.274 e. The Morgan fingerprint density at radius 1 is 1.15 bits per heavy atom. The highest BCUT2D eigenvalue weighted by atomic mass is 35.5. The number of benzene rings is 1. The Labute approximate surface area is 163 Å². The third-order valence-electron chi connectivity index (χ3n) is 4.38. The van der Waals surface area contributed by atoms with Crippen LogP contribution in [0.3, 0.4) is 0 Å². The first-order valence-corrected chi connectivity index (χ1v) is 9.31. The summed E-state index contributed by atoms with van der Waals surface area (Å²) in [7, 11) is 0. The topological polar surface area (TPSA) is 61.4 Å². The number of halogens is 2. The highest BCUT2D eigenvalue weighted by Crippen LogP contribution is 2.26. The fourth-order valence-corrected chi connectivity index (χ4v) is 3.24. The van der Waals surface area contributed by atoms with Crippen molar-refractivity contribution in [1.29, 1.82) is 0 Å². The molecule has 1 fully saturated rings. The summed E-state index contributed by atoms with van der Waals surface area (Å²) in [5.74, 6) is 0.992. The molecule has 1 N–H and O–H groups in total. The van der Waals surface area contributed by atoms with Gasteiger partial charge in [-0.1, -0.05) is 30.1 Å². The van der Waals surface area contributed by atoms with E-state index in [1.807, 2.05) is 0 Å². The molecule has 1 aromatic heterocycles. The van der Waals surface area contributed by atoms with E-state index in [1.54, 1.807) is 31.2 Å². The minimum atomic E-state index is -0.340. The molecule has 2 heterocycles. The van der Waals surface area contributed by atoms with E-state index in [0.29, 0.717) is 27.3 Å². The minimum absolute atomic E-state index is 0.307. The van der Waals surface area contributed by atoms with Gasteiger partial charge in [-0.25, -0.2) is 9.97 Å². The lowest BCUT2D eigenvalue weighted by atomic mass is 10.2. The first kappa shape index (κ1) is 18.9. The molecular weight excluding hydrogens is 373 g/mol. The maximum atomic E-state index is 12.6. The molecule has 0 saturated carbocycles. The van der Waals surface area contributed by atoms with Crippen LogP contribution in [0.5, 0.6) is 0 Å². The standard InChI is InChI=1S/C18H21Cl2N5O/c1-3-24-6-8-25(9-7-24)17-11-16(21-12(2)22-17)18(26)23-15-10-13(19)4-5-14(15)20/h4-5,10-11H,3,6-9H2,1-2H3,(H,23,26). The van der Waals surface area contributed by atoms with Gasteiger partial charge in [0.25, 0.3) is 5.91 Å². The fourth-order valence-electron chi connectivity index (χ4n) is 2.90. The van der Waals surface area contributed by atoms with Gasteiger partial charge in [0.1, 0.15) is 17.3 Å². The molecule has 0 spiro atoms. The zero-order chi connectivity index (χ0) is 18.7. The lowest BCUT2D eigenvalue weighted by molar-refractivity contribution is 0.102. The Hall–Kier alpha value is -1.89. The van der Waals surface area contributed by atoms with Crippen molar-refractivity contribution in [1.82, 2.24) is 14.9 Å². The summed E-state index contributed by atoms with van der Waals surface area (Å²) >= 11 is 12.1. The number of nitrogens with zero attached hydrogens (tertiary/aromatic N) is 4. The van der Waals surface area contributed by atoms with E-state index in [9.17, 15) is 4.79 Å². The molecule has 1 aromatic carbocycles. The van der Waals surface area contributed by atoms with Crippen molar-refractivity contribution in [2.75, 3.05) is 42.9 Å². The van der Waals surface area contributed by atoms with Gasteiger partial charge in [-0.15, -0.1) is 0 Å². The highest BCUT2D eigenvalue weighted by Gasteiger charge is 2.19. The summed E-state index contributed by atoms with van der Waals surface area (Å²) in [5, 5.41) is 3.69. The van der Waals surface area contributed by atoms with Crippen LogP contribution in [0, 0.1) is 6.92 Å². The number of hydrogen-bond acceptors (Lipinski definition) is 5. The lowest BCUT2D eigenvalue weighted by Gasteiger charge is -2.34. The molecule has 0 atom stereocenters. The monoisotopic (exact) mass is 393 g/mol. The van der Waals surface area contributed by atoms with Gasteiger partial charge in [0, 0.05) is 37.3 Å². The third-order valence-corrected chi connectivity index (χ3v) is 4.94. The van der Waals surface area contributed by atoms with Crippen LogP contribution >= 0.6 is 23.2 Å². The molecule has 1 amide bonds. The van der Waals surface area contributed by atoms with Gasteiger partial charge in [-0.3, -0.25) is 4.79 Å². The van der Waals surface area contributed by atoms with Gasteiger partial charge in [-0.2, -0.15) is 0 Å². The predicted molar refractivity (Wildman–Crippen MR) is 106 cm³/mol. The van der Waals surface area contributed by atoms with Crippen LogP contribution in [-0.4, -0.2) is 53.5 Å². The van der Waals surface area contributed by atoms with Gasteiger partial charge in [-0.05, 0) is 31.7 Å². The van der Waals surface area contributed by atoms with Gasteiger partial charge >= 0.3 is 0 Å². The Bertz CT molecular complexity index is 806. The third kappa shape index (κ3) is 4.44. The van der Waals surface area contributed by atoms with Gasteiger partial charge in [0.15, 0.2) is 0 Å². The second kappa shape index (κ2) is 8.20. The predicted octanol–water partition coefficient (Wildman–Crippen LogP) is 3.49. The fraction of sp³-hybridized carbons (Fsp3) is 0.389. The van der Waals surface area contributed by atoms with E-state index in [-0.39, 0.29) is 5.91 Å². The molecule has 0 aliphatic carbocycles. The van der Waals surface area contributed by atoms with Crippen molar-refractivity contribution in [3.05, 3.63) is 45.8 Å². The number of rotatable bonds is 4. The van der Waals surface area contributed by atoms with Crippen molar-refractivity contribution in [2.45, 2.75) is 13.8 Å². The molecule has 6 nitrogen and oxygen atoms in total. The molecule has 26 heavy (non-hydrogen) atoms. The van der Waals surface area contributed by atoms with Gasteiger partial charge < -0.3 is 15.1 Å². The van der Waals surface area contributed by atoms with Crippen LogP contribution in [0.2, 0.25) is 10.0 Å². The number of aryl methyl sites for hydroxylation is 1. The summed E-state index contributed by atoms with van der Waals surface area (Å²) in [6, 6.07) is 6.65. The van der Waals surface area contributed by atoms with Crippen molar-refractivity contribution in [3.63, 3.8) is 0 Å². The molecule has 8 heteroatoms. The summed E-state index contributed by atoms with van der Waals surface area (Å²) in [6.07, 6.45) is 0. The molecule has 2 aromatic rings. The average molecular weight is 394 g/mol. The van der Waals surface area contributed by atoms with E-state index < -0.39 is 0 Å². The summed E-state index contributed by atoms with van der Waals surface area (Å²) < 4.78 is 0. The molecular formula is C18H21Cl2N5O. The summed E-state index contributed by atoms with van der Waals surface area (Å²) in [6.45, 7) is 8.73. The van der Waals surface area contributed by atoms with Crippen molar-refractivity contribution >= 4 is 40.6 Å². The zero-order valence-corrected chi connectivity index (χ0v) is 16.3. The minimum Gasteiger partial charge on any atom is -0.354 e. The molecule has 1 aliphatic rings. The molecule has 0 radical (unpaired) electrons. The lowest BCUT2D eigenvalue weighted by Crippen LogP contribution is -2.46. The van der Waals surface area contributed by atoms with Crippen LogP contribution in [0.1, 0.15) is 23.2 Å². The molecule has 1 aliphatic heterocycles. The SMILES string of the molecule is CCN1CCN(c2cc(C(=O)Nc3cc(Cl)ccc3Cl)nc(C)n2)CC1. The van der Waals surface area contributed by atoms with Crippen LogP contribution in [0.25, 0.3) is 0 Å². The summed E-state index contributed by atoms with van der Waals surface area (Å²) in [5.41, 5.74) is 0.764. The molecule has 1 saturated heterocycles. The van der Waals surface area contributed by atoms with E-state index in [4.69, 9.17) is 23.2 Å². The van der Waals surface area contributed by atoms with Gasteiger partial charge in [0.2, 0.25) is 0 Å². The number of likely N-dealkylation sites (N-methyl/N-ethyl adjacent to an activating group) is 1. The van der Waals surface area contributed by atoms with Crippen molar-refractivity contribution in [3.8, 4) is 0 Å². The van der Waals surface area contributed by atoms with Crippen molar-refractivity contribution in [2.24, 2.45) is 0 Å². The first-order chi connectivity index (χ1) is 12.5. The number of carbonyl (C=O) groups is 1. The zero-order valence-electron chi connectivity index (χ0n) is 14.8. The van der Waals surface area contributed by atoms with Crippen LogP contribution in [-0.2, 0) is 0 Å². The van der Waals surface area contributed by atoms with E-state index >= 15 is 0 Å². The second-order valence-electron chi connectivity index (χ2n) is 6.16. The number of piperazine rings is 1. The van der Waals surface area contributed by atoms with Gasteiger partial charge in [0.05, 0.1) is 10.7 Å². The number of nitrogens with one attached hydrogen (secondary N) is 1. The number of amides is 1. The van der Waals surface area contributed by atoms with Crippen LogP contribution in [0.15, 0.2) is 24.3 Å². The van der Waals surface area contributed by atoms with Crippen LogP contribution < -0.4 is 10.2 Å². The largest absolute Gasteiger partial charge is 0.354 e. The quantitative estimate of drug-likeness (QED) is 0.861. The first-order valence-electron chi connectivity index (χ1n) is 8.55. The molecule has 3 rings (SSSR count). The molecule has 0 bridgehead atoms. The maximum Gasteiger partial charge on any atom is 0.274 e. The Morgan fingerprint density at radius 3 is 2.58 bits per heavy atom. The highest BCUT2D eigenvalue weighted by molar-refractivity contribution is 6.35. The van der Waals surface area contributed by atoms with E-state index in [0.717, 1.165) is 38.5 Å². The van der Waals surface area contributed by atoms with E-state index in [1.165, 1.54) is 0 Å². The maximum absolute atomic E-state index is 12.6. The van der Waals surface area contributed by atoms with Crippen LogP contribution in [0.4, 0.5) is 11.5 Å². The molecule has 0 unspecified atom stereocenters. The summed E-state index contributed by atoms with van der Waals surface area (Å²) in [4.78, 5) is 26.0. The molecule has 138 valence electrons. The Balaban J connectivity index is 1.79.